The van der Waals surface area contributed by atoms with Crippen LogP contribution in [0, 0.1) is 0 Å². The van der Waals surface area contributed by atoms with Gasteiger partial charge in [-0.25, -0.2) is 0 Å². The fourth-order valence-corrected chi connectivity index (χ4v) is 1.00. The number of hydrogen-bond acceptors (Lipinski definition) is 3. The van der Waals surface area contributed by atoms with Crippen molar-refractivity contribution in [2.45, 2.75) is 0 Å². The first-order valence-electron chi connectivity index (χ1n) is 2.81. The summed E-state index contributed by atoms with van der Waals surface area (Å²) >= 11 is 0.521. The minimum absolute atomic E-state index is 0. The number of carbonyl (C=O) groups is 1. The summed E-state index contributed by atoms with van der Waals surface area (Å²) in [6.45, 7) is -4.78. The molecule has 0 bridgehead atoms. The summed E-state index contributed by atoms with van der Waals surface area (Å²) in [5.41, 5.74) is -0.949. The number of esters is 1. The van der Waals surface area contributed by atoms with Crippen LogP contribution >= 0.6 is 11.8 Å². The molecule has 0 aromatic rings. The number of ether oxygens (including phenoxy) is 1. The Labute approximate surface area is 115 Å². The normalized spacial score (nSPS) is 10.3. The van der Waals surface area contributed by atoms with E-state index in [0.29, 0.717) is 11.8 Å². The molecule has 0 radical (unpaired) electrons. The van der Waals surface area contributed by atoms with Gasteiger partial charge in [0.2, 0.25) is 0 Å². The van der Waals surface area contributed by atoms with Gasteiger partial charge in [0.25, 0.3) is 0 Å². The Morgan fingerprint density at radius 2 is 2.00 bits per heavy atom. The zero-order valence-corrected chi connectivity index (χ0v) is 10.8. The van der Waals surface area contributed by atoms with Crippen LogP contribution in [0.15, 0.2) is 0 Å². The van der Waals surface area contributed by atoms with E-state index in [1.165, 1.54) is 0 Å². The second kappa shape index (κ2) is 7.69. The predicted octanol–water partition coefficient (Wildman–Crippen LogP) is -1.72. The molecule has 0 heterocycles. The largest absolute Gasteiger partial charge is 1.00 e. The minimum Gasteiger partial charge on any atom is -0.468 e. The maximum absolute atomic E-state index is 11.5. The van der Waals surface area contributed by atoms with E-state index in [-0.39, 0.29) is 57.1 Å². The molecular formula is C4H7BF3KO2S. The summed E-state index contributed by atoms with van der Waals surface area (Å²) < 4.78 is 38.6. The first kappa shape index (κ1) is 15.8. The van der Waals surface area contributed by atoms with Crippen molar-refractivity contribution in [1.29, 1.82) is 0 Å². The molecule has 0 rings (SSSR count). The molecule has 0 aromatic heterocycles. The Balaban J connectivity index is 0. The summed E-state index contributed by atoms with van der Waals surface area (Å²) in [6, 6.07) is 0. The van der Waals surface area contributed by atoms with Crippen LogP contribution in [0.4, 0.5) is 12.9 Å². The Morgan fingerprint density at radius 1 is 1.50 bits per heavy atom. The van der Waals surface area contributed by atoms with E-state index in [9.17, 15) is 17.7 Å². The van der Waals surface area contributed by atoms with Crippen LogP contribution in [0.25, 0.3) is 0 Å². The van der Waals surface area contributed by atoms with Crippen molar-refractivity contribution in [3.05, 3.63) is 0 Å². The summed E-state index contributed by atoms with van der Waals surface area (Å²) in [5.74, 6) is -0.868. The molecule has 2 nitrogen and oxygen atoms in total. The van der Waals surface area contributed by atoms with Crippen molar-refractivity contribution in [3.8, 4) is 0 Å². The van der Waals surface area contributed by atoms with Gasteiger partial charge >= 0.3 is 64.3 Å². The molecule has 0 fully saturated rings. The van der Waals surface area contributed by atoms with Crippen LogP contribution < -0.4 is 51.4 Å². The van der Waals surface area contributed by atoms with Crippen molar-refractivity contribution in [3.63, 3.8) is 0 Å². The second-order valence-corrected chi connectivity index (χ2v) is 2.83. The van der Waals surface area contributed by atoms with Gasteiger partial charge in [-0.3, -0.25) is 4.79 Å². The number of carbonyl (C=O) groups excluding carboxylic acids is 1. The number of rotatable bonds is 4. The Morgan fingerprint density at radius 3 is 2.33 bits per heavy atom. The quantitative estimate of drug-likeness (QED) is 0.421. The van der Waals surface area contributed by atoms with Gasteiger partial charge in [0.05, 0.1) is 12.9 Å². The van der Waals surface area contributed by atoms with Crippen molar-refractivity contribution in [2.75, 3.05) is 18.5 Å². The van der Waals surface area contributed by atoms with Gasteiger partial charge in [-0.2, -0.15) is 11.8 Å². The maximum Gasteiger partial charge on any atom is 1.00 e. The Hall–Kier alpha value is 1.31. The first-order valence-corrected chi connectivity index (χ1v) is 3.97. The number of halogens is 3. The molecule has 0 saturated carbocycles. The molecular weight excluding hydrogens is 219 g/mol. The summed E-state index contributed by atoms with van der Waals surface area (Å²) in [5, 5.41) is 0. The van der Waals surface area contributed by atoms with E-state index >= 15 is 0 Å². The second-order valence-electron chi connectivity index (χ2n) is 1.80. The van der Waals surface area contributed by atoms with E-state index in [1.807, 2.05) is 0 Å². The monoisotopic (exact) mass is 226 g/mol. The number of methoxy groups -OCH3 is 1. The molecule has 0 unspecified atom stereocenters. The molecule has 0 aliphatic rings. The summed E-state index contributed by atoms with van der Waals surface area (Å²) in [7, 11) is 1.14. The van der Waals surface area contributed by atoms with Gasteiger partial charge in [-0.15, -0.1) is 0 Å². The zero-order chi connectivity index (χ0) is 8.91. The topological polar surface area (TPSA) is 26.3 Å². The van der Waals surface area contributed by atoms with Crippen LogP contribution in [-0.2, 0) is 9.53 Å². The van der Waals surface area contributed by atoms with Gasteiger partial charge < -0.3 is 17.7 Å². The summed E-state index contributed by atoms with van der Waals surface area (Å²) in [4.78, 5) is 10.3. The Kier molecular flexibility index (Phi) is 10.1. The van der Waals surface area contributed by atoms with Crippen LogP contribution in [0.3, 0.4) is 0 Å². The van der Waals surface area contributed by atoms with Crippen LogP contribution in [-0.4, -0.2) is 31.5 Å². The van der Waals surface area contributed by atoms with E-state index in [1.54, 1.807) is 0 Å². The third kappa shape index (κ3) is 11.3. The average Bonchev–Trinajstić information content (AvgIpc) is 1.85. The molecule has 8 heteroatoms. The zero-order valence-electron chi connectivity index (χ0n) is 6.85. The van der Waals surface area contributed by atoms with E-state index in [0.717, 1.165) is 7.11 Å². The minimum atomic E-state index is -4.78. The van der Waals surface area contributed by atoms with Crippen molar-refractivity contribution in [2.24, 2.45) is 0 Å². The fourth-order valence-electron chi connectivity index (χ4n) is 0.335. The van der Waals surface area contributed by atoms with Gasteiger partial charge in [0.1, 0.15) is 0 Å². The van der Waals surface area contributed by atoms with E-state index in [2.05, 4.69) is 4.74 Å². The van der Waals surface area contributed by atoms with Crippen LogP contribution in [0.2, 0.25) is 0 Å². The third-order valence-corrected chi connectivity index (χ3v) is 1.81. The van der Waals surface area contributed by atoms with Gasteiger partial charge in [-0.05, 0) is 5.65 Å². The predicted molar refractivity (Wildman–Crippen MR) is 38.4 cm³/mol. The van der Waals surface area contributed by atoms with Crippen molar-refractivity contribution < 1.29 is 73.9 Å². The molecule has 0 aliphatic heterocycles. The maximum atomic E-state index is 11.5. The van der Waals surface area contributed by atoms with Gasteiger partial charge in [-0.1, -0.05) is 0 Å². The smallest absolute Gasteiger partial charge is 0.468 e. The van der Waals surface area contributed by atoms with E-state index < -0.39 is 18.6 Å². The molecule has 12 heavy (non-hydrogen) atoms. The average molecular weight is 226 g/mol. The molecule has 0 spiro atoms. The SMILES string of the molecule is COC(=O)CSC[B-](F)(F)F.[K+]. The molecule has 0 atom stereocenters. The summed E-state index contributed by atoms with van der Waals surface area (Å²) in [6.07, 6.45) is 0. The number of hydrogen-bond donors (Lipinski definition) is 0. The molecule has 0 saturated heterocycles. The van der Waals surface area contributed by atoms with Crippen LogP contribution in [0.1, 0.15) is 0 Å². The van der Waals surface area contributed by atoms with Gasteiger partial charge in [0.15, 0.2) is 0 Å². The van der Waals surface area contributed by atoms with Gasteiger partial charge in [0, 0.05) is 0 Å². The molecule has 66 valence electrons. The standard InChI is InChI=1S/C4H7BF3O2S.K/c1-10-4(9)2-11-3-5(6,7)8;/h2-3H2,1H3;/q-1;+1. The van der Waals surface area contributed by atoms with Crippen molar-refractivity contribution in [1.82, 2.24) is 0 Å². The Bertz CT molecular complexity index is 143. The molecule has 0 N–H and O–H groups in total. The first-order chi connectivity index (χ1) is 4.95. The third-order valence-electron chi connectivity index (χ3n) is 0.754. The molecule has 0 amide bonds. The fraction of sp³-hybridized carbons (Fsp3) is 0.750. The van der Waals surface area contributed by atoms with Crippen molar-refractivity contribution >= 4 is 24.7 Å². The molecule has 0 aromatic carbocycles. The van der Waals surface area contributed by atoms with E-state index in [4.69, 9.17) is 0 Å². The van der Waals surface area contributed by atoms with Crippen LogP contribution in [0.5, 0.6) is 0 Å². The molecule has 0 aliphatic carbocycles. The number of thioether (sulfide) groups is 1.